The van der Waals surface area contributed by atoms with Crippen LogP contribution in [0, 0.1) is 10.1 Å². The van der Waals surface area contributed by atoms with Crippen molar-refractivity contribution in [1.82, 2.24) is 15.5 Å². The lowest BCUT2D eigenvalue weighted by molar-refractivity contribution is -0.385. The molecule has 25 heavy (non-hydrogen) atoms. The van der Waals surface area contributed by atoms with E-state index in [1.165, 1.54) is 6.07 Å². The molecular weight excluding hydrogens is 324 g/mol. The van der Waals surface area contributed by atoms with Crippen LogP contribution < -0.4 is 10.6 Å². The first-order valence-electron chi connectivity index (χ1n) is 8.47. The average molecular weight is 348 g/mol. The Morgan fingerprint density at radius 3 is 2.76 bits per heavy atom. The van der Waals surface area contributed by atoms with Gasteiger partial charge < -0.3 is 15.5 Å². The third kappa shape index (κ3) is 4.91. The number of hydrogen-bond donors (Lipinski definition) is 2. The van der Waals surface area contributed by atoms with Crippen LogP contribution in [0.4, 0.5) is 10.5 Å². The summed E-state index contributed by atoms with van der Waals surface area (Å²) in [4.78, 5) is 36.8. The Labute approximate surface area is 146 Å². The Morgan fingerprint density at radius 2 is 2.08 bits per heavy atom. The highest BCUT2D eigenvalue weighted by Crippen LogP contribution is 2.18. The van der Waals surface area contributed by atoms with E-state index in [1.807, 2.05) is 6.92 Å². The van der Waals surface area contributed by atoms with E-state index >= 15 is 0 Å². The largest absolute Gasteiger partial charge is 0.338 e. The molecule has 1 heterocycles. The first kappa shape index (κ1) is 18.7. The number of nitrogens with one attached hydrogen (secondary N) is 2. The number of para-hydroxylation sites is 1. The van der Waals surface area contributed by atoms with Crippen molar-refractivity contribution in [2.24, 2.45) is 0 Å². The molecule has 1 aliphatic rings. The Balaban J connectivity index is 1.87. The number of piperidine rings is 1. The van der Waals surface area contributed by atoms with Crippen LogP contribution in [0.25, 0.3) is 0 Å². The minimum absolute atomic E-state index is 0.0179. The lowest BCUT2D eigenvalue weighted by Gasteiger charge is -2.35. The number of nitrogens with zero attached hydrogens (tertiary/aromatic N) is 2. The molecule has 0 saturated carbocycles. The maximum atomic E-state index is 12.5. The van der Waals surface area contributed by atoms with Gasteiger partial charge in [-0.25, -0.2) is 4.79 Å². The zero-order chi connectivity index (χ0) is 18.4. The Hall–Kier alpha value is -2.64. The van der Waals surface area contributed by atoms with Gasteiger partial charge in [-0.2, -0.15) is 0 Å². The Kier molecular flexibility index (Phi) is 6.32. The number of carbonyl (C=O) groups is 2. The molecule has 2 N–H and O–H groups in total. The number of amides is 3. The van der Waals surface area contributed by atoms with Gasteiger partial charge in [0.15, 0.2) is 0 Å². The molecular formula is C17H24N4O4. The lowest BCUT2D eigenvalue weighted by atomic mass is 10.0. The molecule has 2 atom stereocenters. The average Bonchev–Trinajstić information content (AvgIpc) is 2.60. The molecule has 0 bridgehead atoms. The summed E-state index contributed by atoms with van der Waals surface area (Å²) in [5, 5.41) is 16.1. The van der Waals surface area contributed by atoms with Crippen LogP contribution in [0.15, 0.2) is 24.3 Å². The van der Waals surface area contributed by atoms with Crippen LogP contribution in [0.5, 0.6) is 0 Å². The molecule has 2 rings (SSSR count). The second-order valence-corrected chi connectivity index (χ2v) is 6.31. The number of likely N-dealkylation sites (tertiary alicyclic amines) is 1. The van der Waals surface area contributed by atoms with Gasteiger partial charge >= 0.3 is 6.03 Å². The van der Waals surface area contributed by atoms with E-state index in [0.717, 1.165) is 19.3 Å². The zero-order valence-corrected chi connectivity index (χ0v) is 14.5. The summed E-state index contributed by atoms with van der Waals surface area (Å²) >= 11 is 0. The van der Waals surface area contributed by atoms with Crippen LogP contribution in [0.1, 0.15) is 38.7 Å². The highest BCUT2D eigenvalue weighted by Gasteiger charge is 2.27. The number of hydrogen-bond acceptors (Lipinski definition) is 4. The normalized spacial score (nSPS) is 18.3. The van der Waals surface area contributed by atoms with E-state index < -0.39 is 17.0 Å². The molecule has 8 heteroatoms. The molecule has 0 radical (unpaired) electrons. The molecule has 3 amide bonds. The quantitative estimate of drug-likeness (QED) is 0.628. The first-order valence-corrected chi connectivity index (χ1v) is 8.47. The standard InChI is InChI=1S/C17H24N4O4/c1-12-7-5-6-10-20(12)16(22)13(2)19-17(23)18-11-14-8-3-4-9-15(14)21(24)25/h3-4,8-9,12-13H,5-7,10-11H2,1-2H3,(H2,18,19,23)/t12-,13+/m0/s1. The monoisotopic (exact) mass is 348 g/mol. The number of nitro benzene ring substituents is 1. The van der Waals surface area contributed by atoms with Gasteiger partial charge in [-0.05, 0) is 33.1 Å². The second kappa shape index (κ2) is 8.46. The van der Waals surface area contributed by atoms with E-state index in [-0.39, 0.29) is 24.2 Å². The van der Waals surface area contributed by atoms with Gasteiger partial charge in [0.2, 0.25) is 5.91 Å². The fraction of sp³-hybridized carbons (Fsp3) is 0.529. The highest BCUT2D eigenvalue weighted by atomic mass is 16.6. The van der Waals surface area contributed by atoms with Gasteiger partial charge in [0.25, 0.3) is 5.69 Å². The van der Waals surface area contributed by atoms with Gasteiger partial charge in [-0.3, -0.25) is 14.9 Å². The highest BCUT2D eigenvalue weighted by molar-refractivity contribution is 5.87. The van der Waals surface area contributed by atoms with Gasteiger partial charge in [-0.15, -0.1) is 0 Å². The summed E-state index contributed by atoms with van der Waals surface area (Å²) in [5.74, 6) is -0.104. The lowest BCUT2D eigenvalue weighted by Crippen LogP contribution is -2.53. The number of benzene rings is 1. The maximum absolute atomic E-state index is 12.5. The summed E-state index contributed by atoms with van der Waals surface area (Å²) in [7, 11) is 0. The maximum Gasteiger partial charge on any atom is 0.315 e. The molecule has 1 fully saturated rings. The minimum atomic E-state index is -0.647. The minimum Gasteiger partial charge on any atom is -0.338 e. The first-order chi connectivity index (χ1) is 11.9. The molecule has 1 aromatic rings. The van der Waals surface area contributed by atoms with Gasteiger partial charge in [0.1, 0.15) is 6.04 Å². The second-order valence-electron chi connectivity index (χ2n) is 6.31. The van der Waals surface area contributed by atoms with Crippen LogP contribution in [0.3, 0.4) is 0 Å². The summed E-state index contributed by atoms with van der Waals surface area (Å²) in [5.41, 5.74) is 0.361. The fourth-order valence-corrected chi connectivity index (χ4v) is 3.00. The summed E-state index contributed by atoms with van der Waals surface area (Å²) in [6.07, 6.45) is 3.07. The van der Waals surface area contributed by atoms with Crippen molar-refractivity contribution in [3.63, 3.8) is 0 Å². The van der Waals surface area contributed by atoms with Crippen molar-refractivity contribution in [2.45, 2.75) is 51.7 Å². The molecule has 0 spiro atoms. The summed E-state index contributed by atoms with van der Waals surface area (Å²) in [6, 6.07) is 5.23. The van der Waals surface area contributed by atoms with Crippen molar-refractivity contribution in [3.05, 3.63) is 39.9 Å². The summed E-state index contributed by atoms with van der Waals surface area (Å²) in [6.45, 7) is 4.39. The SMILES string of the molecule is C[C@@H](NC(=O)NCc1ccccc1[N+](=O)[O-])C(=O)N1CCCC[C@@H]1C. The predicted octanol–water partition coefficient (Wildman–Crippen LogP) is 2.18. The van der Waals surface area contributed by atoms with Crippen molar-refractivity contribution < 1.29 is 14.5 Å². The summed E-state index contributed by atoms with van der Waals surface area (Å²) < 4.78 is 0. The van der Waals surface area contributed by atoms with Crippen LogP contribution >= 0.6 is 0 Å². The van der Waals surface area contributed by atoms with Crippen LogP contribution in [-0.2, 0) is 11.3 Å². The number of nitro groups is 1. The van der Waals surface area contributed by atoms with Crippen LogP contribution in [0.2, 0.25) is 0 Å². The number of rotatable bonds is 5. The van der Waals surface area contributed by atoms with Crippen molar-refractivity contribution in [3.8, 4) is 0 Å². The fourth-order valence-electron chi connectivity index (χ4n) is 3.00. The number of urea groups is 1. The predicted molar refractivity (Wildman–Crippen MR) is 93.0 cm³/mol. The van der Waals surface area contributed by atoms with Gasteiger partial charge in [0, 0.05) is 24.2 Å². The van der Waals surface area contributed by atoms with Gasteiger partial charge in [0.05, 0.1) is 11.5 Å². The van der Waals surface area contributed by atoms with E-state index in [1.54, 1.807) is 30.0 Å². The topological polar surface area (TPSA) is 105 Å². The van der Waals surface area contributed by atoms with Crippen molar-refractivity contribution >= 4 is 17.6 Å². The molecule has 0 aromatic heterocycles. The van der Waals surface area contributed by atoms with Crippen LogP contribution in [-0.4, -0.2) is 40.4 Å². The van der Waals surface area contributed by atoms with E-state index in [4.69, 9.17) is 0 Å². The Morgan fingerprint density at radius 1 is 1.36 bits per heavy atom. The molecule has 1 saturated heterocycles. The smallest absolute Gasteiger partial charge is 0.315 e. The van der Waals surface area contributed by atoms with Crippen molar-refractivity contribution in [1.29, 1.82) is 0 Å². The van der Waals surface area contributed by atoms with E-state index in [0.29, 0.717) is 12.1 Å². The third-order valence-corrected chi connectivity index (χ3v) is 4.43. The third-order valence-electron chi connectivity index (χ3n) is 4.43. The van der Waals surface area contributed by atoms with Gasteiger partial charge in [-0.1, -0.05) is 18.2 Å². The molecule has 1 aliphatic heterocycles. The molecule has 0 unspecified atom stereocenters. The zero-order valence-electron chi connectivity index (χ0n) is 14.5. The molecule has 136 valence electrons. The van der Waals surface area contributed by atoms with E-state index in [2.05, 4.69) is 10.6 Å². The molecule has 0 aliphatic carbocycles. The van der Waals surface area contributed by atoms with Crippen molar-refractivity contribution in [2.75, 3.05) is 6.54 Å². The molecule has 1 aromatic carbocycles. The number of carbonyl (C=O) groups excluding carboxylic acids is 2. The van der Waals surface area contributed by atoms with E-state index in [9.17, 15) is 19.7 Å². The Bertz CT molecular complexity index is 649. The molecule has 8 nitrogen and oxygen atoms in total.